The summed E-state index contributed by atoms with van der Waals surface area (Å²) < 4.78 is 0.971. The third-order valence-electron chi connectivity index (χ3n) is 3.05. The molecule has 2 aromatic carbocycles. The molecular formula is C16H17IN2O. The molecule has 0 aromatic heterocycles. The van der Waals surface area contributed by atoms with Gasteiger partial charge in [0.15, 0.2) is 0 Å². The number of amides is 1. The summed E-state index contributed by atoms with van der Waals surface area (Å²) in [6, 6.07) is 17.7. The number of nitrogens with zero attached hydrogens (tertiary/aromatic N) is 1. The van der Waals surface area contributed by atoms with Gasteiger partial charge in [0.1, 0.15) is 0 Å². The maximum Gasteiger partial charge on any atom is 0.252 e. The van der Waals surface area contributed by atoms with Crippen molar-refractivity contribution < 1.29 is 4.79 Å². The smallest absolute Gasteiger partial charge is 0.252 e. The zero-order valence-corrected chi connectivity index (χ0v) is 13.5. The van der Waals surface area contributed by atoms with Gasteiger partial charge in [-0.1, -0.05) is 30.3 Å². The molecular weight excluding hydrogens is 363 g/mol. The van der Waals surface area contributed by atoms with Gasteiger partial charge in [-0.25, -0.2) is 0 Å². The topological polar surface area (TPSA) is 32.3 Å². The fourth-order valence-electron chi connectivity index (χ4n) is 1.89. The number of carbonyl (C=O) groups excluding carboxylic acids is 1. The molecule has 2 rings (SSSR count). The largest absolute Gasteiger partial charge is 0.373 e. The number of likely N-dealkylation sites (N-methyl/N-ethyl adjacent to an activating group) is 1. The third kappa shape index (κ3) is 3.96. The van der Waals surface area contributed by atoms with E-state index in [2.05, 4.69) is 44.9 Å². The predicted octanol–water partition coefficient (Wildman–Crippen LogP) is 3.16. The number of rotatable bonds is 5. The number of benzene rings is 2. The van der Waals surface area contributed by atoms with Gasteiger partial charge in [0.2, 0.25) is 0 Å². The number of carbonyl (C=O) groups is 1. The Hall–Kier alpha value is -1.56. The van der Waals surface area contributed by atoms with Crippen molar-refractivity contribution >= 4 is 34.2 Å². The summed E-state index contributed by atoms with van der Waals surface area (Å²) in [5.74, 6) is -0.0172. The Balaban J connectivity index is 1.84. The molecule has 104 valence electrons. The molecule has 1 N–H and O–H groups in total. The van der Waals surface area contributed by atoms with Crippen LogP contribution in [-0.4, -0.2) is 26.0 Å². The summed E-state index contributed by atoms with van der Waals surface area (Å²) in [5.41, 5.74) is 1.88. The van der Waals surface area contributed by atoms with Gasteiger partial charge in [0.05, 0.1) is 5.56 Å². The van der Waals surface area contributed by atoms with E-state index in [1.807, 2.05) is 49.5 Å². The van der Waals surface area contributed by atoms with E-state index >= 15 is 0 Å². The molecule has 0 fully saturated rings. The quantitative estimate of drug-likeness (QED) is 0.809. The number of hydrogen-bond acceptors (Lipinski definition) is 2. The minimum absolute atomic E-state index is 0.0172. The Morgan fingerprint density at radius 2 is 1.75 bits per heavy atom. The molecule has 3 nitrogen and oxygen atoms in total. The zero-order chi connectivity index (χ0) is 14.4. The molecule has 2 aromatic rings. The fourth-order valence-corrected chi connectivity index (χ4v) is 2.52. The highest BCUT2D eigenvalue weighted by Crippen LogP contribution is 2.11. The molecule has 0 unspecified atom stereocenters. The molecule has 0 heterocycles. The van der Waals surface area contributed by atoms with Gasteiger partial charge >= 0.3 is 0 Å². The van der Waals surface area contributed by atoms with Gasteiger partial charge in [0.25, 0.3) is 5.91 Å². The van der Waals surface area contributed by atoms with Gasteiger partial charge in [0, 0.05) is 29.4 Å². The van der Waals surface area contributed by atoms with Crippen molar-refractivity contribution in [3.8, 4) is 0 Å². The monoisotopic (exact) mass is 380 g/mol. The van der Waals surface area contributed by atoms with Crippen LogP contribution in [0.15, 0.2) is 54.6 Å². The average Bonchev–Trinajstić information content (AvgIpc) is 2.48. The first-order valence-electron chi connectivity index (χ1n) is 6.47. The van der Waals surface area contributed by atoms with Crippen molar-refractivity contribution in [2.75, 3.05) is 25.0 Å². The van der Waals surface area contributed by atoms with E-state index in [9.17, 15) is 4.79 Å². The minimum atomic E-state index is -0.0172. The van der Waals surface area contributed by atoms with E-state index < -0.39 is 0 Å². The summed E-state index contributed by atoms with van der Waals surface area (Å²) in [4.78, 5) is 14.2. The maximum absolute atomic E-state index is 12.0. The normalized spacial score (nSPS) is 10.1. The molecule has 1 amide bonds. The highest BCUT2D eigenvalue weighted by Gasteiger charge is 2.08. The summed E-state index contributed by atoms with van der Waals surface area (Å²) in [5, 5.41) is 2.96. The van der Waals surface area contributed by atoms with Crippen LogP contribution in [0.3, 0.4) is 0 Å². The fraction of sp³-hybridized carbons (Fsp3) is 0.188. The van der Waals surface area contributed by atoms with E-state index in [1.54, 1.807) is 0 Å². The SMILES string of the molecule is CN(CCNC(=O)c1ccccc1I)c1ccccc1. The van der Waals surface area contributed by atoms with Crippen molar-refractivity contribution in [1.82, 2.24) is 5.32 Å². The van der Waals surface area contributed by atoms with Crippen LogP contribution in [0.1, 0.15) is 10.4 Å². The maximum atomic E-state index is 12.0. The van der Waals surface area contributed by atoms with Gasteiger partial charge in [-0.2, -0.15) is 0 Å². The number of halogens is 1. The van der Waals surface area contributed by atoms with Crippen LogP contribution in [0.4, 0.5) is 5.69 Å². The molecule has 0 bridgehead atoms. The lowest BCUT2D eigenvalue weighted by molar-refractivity contribution is 0.0954. The van der Waals surface area contributed by atoms with E-state index in [-0.39, 0.29) is 5.91 Å². The van der Waals surface area contributed by atoms with E-state index in [0.29, 0.717) is 6.54 Å². The molecule has 0 saturated carbocycles. The van der Waals surface area contributed by atoms with Crippen molar-refractivity contribution in [2.24, 2.45) is 0 Å². The Bertz CT molecular complexity index is 572. The van der Waals surface area contributed by atoms with E-state index in [4.69, 9.17) is 0 Å². The summed E-state index contributed by atoms with van der Waals surface area (Å²) in [6.45, 7) is 1.40. The van der Waals surface area contributed by atoms with Crippen LogP contribution in [0.25, 0.3) is 0 Å². The third-order valence-corrected chi connectivity index (χ3v) is 3.99. The molecule has 20 heavy (non-hydrogen) atoms. The first-order chi connectivity index (χ1) is 9.68. The first-order valence-corrected chi connectivity index (χ1v) is 7.55. The molecule has 0 aliphatic rings. The predicted molar refractivity (Wildman–Crippen MR) is 91.2 cm³/mol. The second-order valence-electron chi connectivity index (χ2n) is 4.49. The number of hydrogen-bond donors (Lipinski definition) is 1. The molecule has 0 atom stereocenters. The average molecular weight is 380 g/mol. The van der Waals surface area contributed by atoms with Crippen LogP contribution in [0.2, 0.25) is 0 Å². The Morgan fingerprint density at radius 1 is 1.10 bits per heavy atom. The van der Waals surface area contributed by atoms with Crippen LogP contribution in [0.5, 0.6) is 0 Å². The number of anilines is 1. The highest BCUT2D eigenvalue weighted by atomic mass is 127. The van der Waals surface area contributed by atoms with E-state index in [0.717, 1.165) is 21.4 Å². The first kappa shape index (κ1) is 14.8. The van der Waals surface area contributed by atoms with Crippen molar-refractivity contribution in [3.05, 3.63) is 63.7 Å². The second-order valence-corrected chi connectivity index (χ2v) is 5.66. The summed E-state index contributed by atoms with van der Waals surface area (Å²) in [6.07, 6.45) is 0. The minimum Gasteiger partial charge on any atom is -0.373 e. The van der Waals surface area contributed by atoms with Crippen molar-refractivity contribution in [3.63, 3.8) is 0 Å². The molecule has 0 aliphatic carbocycles. The lowest BCUT2D eigenvalue weighted by atomic mass is 10.2. The standard InChI is InChI=1S/C16H17IN2O/c1-19(13-7-3-2-4-8-13)12-11-18-16(20)14-9-5-6-10-15(14)17/h2-10H,11-12H2,1H3,(H,18,20). The van der Waals surface area contributed by atoms with Crippen LogP contribution in [-0.2, 0) is 0 Å². The van der Waals surface area contributed by atoms with Crippen molar-refractivity contribution in [1.29, 1.82) is 0 Å². The van der Waals surface area contributed by atoms with Gasteiger partial charge in [-0.3, -0.25) is 4.79 Å². The second kappa shape index (κ2) is 7.28. The van der Waals surface area contributed by atoms with Crippen molar-refractivity contribution in [2.45, 2.75) is 0 Å². The van der Waals surface area contributed by atoms with E-state index in [1.165, 1.54) is 0 Å². The lowest BCUT2D eigenvalue weighted by Crippen LogP contribution is -2.33. The number of para-hydroxylation sites is 1. The van der Waals surface area contributed by atoms with Crippen LogP contribution < -0.4 is 10.2 Å². The Kier molecular flexibility index (Phi) is 5.40. The molecule has 4 heteroatoms. The highest BCUT2D eigenvalue weighted by molar-refractivity contribution is 14.1. The van der Waals surface area contributed by atoms with Gasteiger partial charge in [-0.05, 0) is 46.9 Å². The molecule has 0 radical (unpaired) electrons. The van der Waals surface area contributed by atoms with Crippen LogP contribution >= 0.6 is 22.6 Å². The summed E-state index contributed by atoms with van der Waals surface area (Å²) >= 11 is 2.18. The van der Waals surface area contributed by atoms with Crippen LogP contribution in [0, 0.1) is 3.57 Å². The summed E-state index contributed by atoms with van der Waals surface area (Å²) in [7, 11) is 2.02. The number of nitrogens with one attached hydrogen (secondary N) is 1. The zero-order valence-electron chi connectivity index (χ0n) is 11.3. The van der Waals surface area contributed by atoms with Gasteiger partial charge < -0.3 is 10.2 Å². The Morgan fingerprint density at radius 3 is 2.45 bits per heavy atom. The van der Waals surface area contributed by atoms with Gasteiger partial charge in [-0.15, -0.1) is 0 Å². The molecule has 0 spiro atoms. The lowest BCUT2D eigenvalue weighted by Gasteiger charge is -2.19. The Labute approximate surface area is 133 Å². The molecule has 0 aliphatic heterocycles. The molecule has 0 saturated heterocycles.